The fraction of sp³-hybridized carbons (Fsp3) is 0.125. The van der Waals surface area contributed by atoms with Gasteiger partial charge in [-0.1, -0.05) is 3.89 Å². The summed E-state index contributed by atoms with van der Waals surface area (Å²) in [5.41, 5.74) is 1.46. The number of amides is 2. The molecule has 2 N–H and O–H groups in total. The molecule has 6 nitrogen and oxygen atoms in total. The first-order valence-electron chi connectivity index (χ1n) is 7.22. The van der Waals surface area contributed by atoms with Gasteiger partial charge in [-0.2, -0.15) is 4.21 Å². The number of nitrogens with one attached hydrogen (secondary N) is 2. The Morgan fingerprint density at radius 3 is 2.68 bits per heavy atom. The van der Waals surface area contributed by atoms with E-state index in [0.717, 1.165) is 4.90 Å². The van der Waals surface area contributed by atoms with Crippen LogP contribution in [0, 0.1) is 0 Å². The molecule has 0 saturated carbocycles. The second kappa shape index (κ2) is 7.24. The number of carbonyl (C=O) groups is 2. The number of carbonyl (C=O) groups excluding carboxylic acids is 2. The molecule has 0 aromatic heterocycles. The maximum atomic E-state index is 12.3. The number of hydrogen-bond donors (Lipinski definition) is 2. The molecular formula is C16H13FN2O4S2. The molecule has 0 aliphatic carbocycles. The summed E-state index contributed by atoms with van der Waals surface area (Å²) in [4.78, 5) is 25.0. The largest absolute Gasteiger partial charge is 0.401 e. The van der Waals surface area contributed by atoms with Crippen molar-refractivity contribution < 1.29 is 21.9 Å². The average Bonchev–Trinajstić information content (AvgIpc) is 2.57. The van der Waals surface area contributed by atoms with Crippen LogP contribution in [-0.4, -0.2) is 21.3 Å². The number of thioether (sulfide) groups is 1. The van der Waals surface area contributed by atoms with Crippen molar-refractivity contribution in [2.75, 3.05) is 10.6 Å². The smallest absolute Gasteiger partial charge is 0.377 e. The minimum absolute atomic E-state index is 0.0847. The van der Waals surface area contributed by atoms with E-state index in [-0.39, 0.29) is 22.8 Å². The van der Waals surface area contributed by atoms with Gasteiger partial charge in [0.1, 0.15) is 5.75 Å². The molecule has 0 radical (unpaired) electrons. The molecule has 130 valence electrons. The summed E-state index contributed by atoms with van der Waals surface area (Å²) in [6.45, 7) is 1.81. The first-order chi connectivity index (χ1) is 11.9. The summed E-state index contributed by atoms with van der Waals surface area (Å²) in [7, 11) is 0. The van der Waals surface area contributed by atoms with Gasteiger partial charge in [-0.3, -0.25) is 9.59 Å². The predicted molar refractivity (Wildman–Crippen MR) is 94.7 cm³/mol. The standard InChI is InChI=1S/C16H13FN2O4S2/c1-9-15(20)19-13-8-10(2-7-14(13)24-9)16(21)18-11-3-5-12(6-4-11)23-25(17)22/h2-9H,1H3,(H,18,21)(H,19,20). The first kappa shape index (κ1) is 17.4. The van der Waals surface area contributed by atoms with Crippen molar-refractivity contribution in [1.29, 1.82) is 0 Å². The zero-order valence-corrected chi connectivity index (χ0v) is 14.6. The third-order valence-corrected chi connectivity index (χ3v) is 4.95. The highest BCUT2D eigenvalue weighted by Crippen LogP contribution is 2.36. The molecule has 25 heavy (non-hydrogen) atoms. The van der Waals surface area contributed by atoms with Gasteiger partial charge in [0, 0.05) is 16.1 Å². The van der Waals surface area contributed by atoms with Crippen molar-refractivity contribution in [3.8, 4) is 5.75 Å². The molecule has 2 unspecified atom stereocenters. The lowest BCUT2D eigenvalue weighted by Crippen LogP contribution is -2.26. The van der Waals surface area contributed by atoms with Crippen molar-refractivity contribution >= 4 is 46.4 Å². The summed E-state index contributed by atoms with van der Waals surface area (Å²) >= 11 is -1.46. The highest BCUT2D eigenvalue weighted by Gasteiger charge is 2.23. The minimum Gasteiger partial charge on any atom is -0.377 e. The monoisotopic (exact) mass is 380 g/mol. The van der Waals surface area contributed by atoms with Crippen molar-refractivity contribution in [3.05, 3.63) is 48.0 Å². The van der Waals surface area contributed by atoms with Crippen LogP contribution in [0.5, 0.6) is 5.75 Å². The van der Waals surface area contributed by atoms with Gasteiger partial charge in [-0.15, -0.1) is 11.8 Å². The van der Waals surface area contributed by atoms with Crippen molar-refractivity contribution in [3.63, 3.8) is 0 Å². The van der Waals surface area contributed by atoms with Gasteiger partial charge < -0.3 is 14.8 Å². The van der Waals surface area contributed by atoms with Gasteiger partial charge in [0.25, 0.3) is 5.91 Å². The molecule has 1 aliphatic heterocycles. The van der Waals surface area contributed by atoms with Gasteiger partial charge >= 0.3 is 11.5 Å². The summed E-state index contributed by atoms with van der Waals surface area (Å²) in [5, 5.41) is 5.28. The summed E-state index contributed by atoms with van der Waals surface area (Å²) in [6.07, 6.45) is 0. The van der Waals surface area contributed by atoms with E-state index in [9.17, 15) is 17.7 Å². The van der Waals surface area contributed by atoms with Crippen LogP contribution in [0.1, 0.15) is 17.3 Å². The summed E-state index contributed by atoms with van der Waals surface area (Å²) < 4.78 is 27.0. The second-order valence-electron chi connectivity index (χ2n) is 5.22. The van der Waals surface area contributed by atoms with Crippen molar-refractivity contribution in [2.24, 2.45) is 0 Å². The molecule has 0 fully saturated rings. The Morgan fingerprint density at radius 1 is 1.28 bits per heavy atom. The van der Waals surface area contributed by atoms with Crippen LogP contribution in [0.4, 0.5) is 15.3 Å². The molecule has 2 aromatic carbocycles. The maximum absolute atomic E-state index is 12.3. The molecule has 0 saturated heterocycles. The van der Waals surface area contributed by atoms with Gasteiger partial charge in [0.15, 0.2) is 0 Å². The van der Waals surface area contributed by atoms with E-state index in [4.69, 9.17) is 0 Å². The number of anilines is 2. The van der Waals surface area contributed by atoms with E-state index in [1.165, 1.54) is 36.0 Å². The highest BCUT2D eigenvalue weighted by atomic mass is 32.2. The minimum atomic E-state index is -2.89. The lowest BCUT2D eigenvalue weighted by Gasteiger charge is -2.21. The van der Waals surface area contributed by atoms with E-state index in [1.54, 1.807) is 18.2 Å². The van der Waals surface area contributed by atoms with E-state index in [2.05, 4.69) is 14.8 Å². The second-order valence-corrected chi connectivity index (χ2v) is 7.15. The molecule has 2 aromatic rings. The Bertz CT molecular complexity index is 858. The van der Waals surface area contributed by atoms with Crippen LogP contribution in [0.3, 0.4) is 0 Å². The van der Waals surface area contributed by atoms with Crippen LogP contribution in [0.15, 0.2) is 47.4 Å². The number of fused-ring (bicyclic) bond motifs is 1. The maximum Gasteiger partial charge on any atom is 0.401 e. The zero-order chi connectivity index (χ0) is 18.0. The lowest BCUT2D eigenvalue weighted by atomic mass is 10.1. The van der Waals surface area contributed by atoms with Gasteiger partial charge in [-0.05, 0) is 49.4 Å². The fourth-order valence-electron chi connectivity index (χ4n) is 2.22. The number of benzene rings is 2. The third kappa shape index (κ3) is 4.18. The number of rotatable bonds is 4. The molecule has 1 aliphatic rings. The summed E-state index contributed by atoms with van der Waals surface area (Å²) in [6, 6.07) is 10.9. The van der Waals surface area contributed by atoms with Gasteiger partial charge in [0.05, 0.1) is 10.9 Å². The fourth-order valence-corrected chi connectivity index (χ4v) is 3.42. The SMILES string of the molecule is CC1Sc2ccc(C(=O)Nc3ccc(OS(=O)F)cc3)cc2NC1=O. The Balaban J connectivity index is 1.72. The number of hydrogen-bond acceptors (Lipinski definition) is 5. The molecule has 2 atom stereocenters. The zero-order valence-electron chi connectivity index (χ0n) is 12.9. The van der Waals surface area contributed by atoms with Crippen LogP contribution in [0.25, 0.3) is 0 Å². The highest BCUT2D eigenvalue weighted by molar-refractivity contribution is 8.00. The van der Waals surface area contributed by atoms with Crippen LogP contribution < -0.4 is 14.8 Å². The third-order valence-electron chi connectivity index (χ3n) is 3.45. The quantitative estimate of drug-likeness (QED) is 0.795. The topological polar surface area (TPSA) is 84.5 Å². The lowest BCUT2D eigenvalue weighted by molar-refractivity contribution is -0.115. The molecular weight excluding hydrogens is 367 g/mol. The molecule has 0 spiro atoms. The van der Waals surface area contributed by atoms with E-state index in [1.807, 2.05) is 6.92 Å². The number of halogens is 1. The Hall–Kier alpha value is -2.39. The molecule has 9 heteroatoms. The molecule has 2 amide bonds. The Labute approximate surface area is 150 Å². The van der Waals surface area contributed by atoms with Crippen LogP contribution >= 0.6 is 11.8 Å². The van der Waals surface area contributed by atoms with Gasteiger partial charge in [0.2, 0.25) is 5.91 Å². The van der Waals surface area contributed by atoms with Crippen molar-refractivity contribution in [1.82, 2.24) is 0 Å². The first-order valence-corrected chi connectivity index (χ1v) is 9.07. The normalized spacial score (nSPS) is 17.2. The molecule has 0 bridgehead atoms. The molecule has 1 heterocycles. The van der Waals surface area contributed by atoms with Crippen molar-refractivity contribution in [2.45, 2.75) is 17.1 Å². The Morgan fingerprint density at radius 2 is 2.00 bits per heavy atom. The average molecular weight is 380 g/mol. The predicted octanol–water partition coefficient (Wildman–Crippen LogP) is 3.30. The van der Waals surface area contributed by atoms with E-state index >= 15 is 0 Å². The van der Waals surface area contributed by atoms with E-state index < -0.39 is 11.5 Å². The van der Waals surface area contributed by atoms with Gasteiger partial charge in [-0.25, -0.2) is 0 Å². The Kier molecular flexibility index (Phi) is 5.05. The van der Waals surface area contributed by atoms with Crippen LogP contribution in [-0.2, 0) is 16.3 Å². The van der Waals surface area contributed by atoms with Crippen LogP contribution in [0.2, 0.25) is 0 Å². The summed E-state index contributed by atoms with van der Waals surface area (Å²) in [5.74, 6) is -0.374. The molecule has 3 rings (SSSR count). The van der Waals surface area contributed by atoms with E-state index in [0.29, 0.717) is 16.9 Å².